The van der Waals surface area contributed by atoms with E-state index in [9.17, 15) is 9.90 Å². The molecule has 1 aromatic heterocycles. The molecule has 3 rings (SSSR count). The standard InChI is InChI=1S/C22H25BrN2O3/c1-22(2,3)28-21(27)25-14-16(20-17(23)9-7-10-18(20)25)13-24(4)12-15-8-5-6-11-19(15)26/h5-11,14,26H,12-13H2,1-4H3. The first kappa shape index (κ1) is 20.4. The van der Waals surface area contributed by atoms with Crippen molar-refractivity contribution >= 4 is 32.9 Å². The molecule has 2 aromatic carbocycles. The molecule has 6 heteroatoms. The fraction of sp³-hybridized carbons (Fsp3) is 0.318. The number of aromatic hydroxyl groups is 1. The Labute approximate surface area is 173 Å². The highest BCUT2D eigenvalue weighted by molar-refractivity contribution is 9.10. The molecule has 3 aromatic rings. The van der Waals surface area contributed by atoms with E-state index in [0.717, 1.165) is 26.5 Å². The molecule has 0 spiro atoms. The first-order valence-corrected chi connectivity index (χ1v) is 9.92. The molecular weight excluding hydrogens is 420 g/mol. The van der Waals surface area contributed by atoms with Gasteiger partial charge in [0.25, 0.3) is 0 Å². The molecule has 0 bridgehead atoms. The van der Waals surface area contributed by atoms with Crippen LogP contribution >= 0.6 is 15.9 Å². The van der Waals surface area contributed by atoms with Crippen molar-refractivity contribution in [1.82, 2.24) is 9.47 Å². The van der Waals surface area contributed by atoms with Gasteiger partial charge in [0.2, 0.25) is 0 Å². The minimum absolute atomic E-state index is 0.284. The Hall–Kier alpha value is -2.31. The highest BCUT2D eigenvalue weighted by Crippen LogP contribution is 2.31. The second kappa shape index (κ2) is 7.97. The number of halogens is 1. The lowest BCUT2D eigenvalue weighted by Crippen LogP contribution is -2.26. The van der Waals surface area contributed by atoms with Crippen LogP contribution in [0.2, 0.25) is 0 Å². The molecule has 0 aliphatic rings. The molecule has 28 heavy (non-hydrogen) atoms. The third kappa shape index (κ3) is 4.56. The van der Waals surface area contributed by atoms with Crippen LogP contribution in [0.5, 0.6) is 5.75 Å². The fourth-order valence-corrected chi connectivity index (χ4v) is 3.80. The normalized spacial score (nSPS) is 11.9. The predicted molar refractivity (Wildman–Crippen MR) is 115 cm³/mol. The molecule has 0 aliphatic heterocycles. The summed E-state index contributed by atoms with van der Waals surface area (Å²) in [7, 11) is 1.99. The van der Waals surface area contributed by atoms with E-state index in [2.05, 4.69) is 20.8 Å². The van der Waals surface area contributed by atoms with E-state index in [1.54, 1.807) is 10.6 Å². The van der Waals surface area contributed by atoms with E-state index < -0.39 is 11.7 Å². The number of aromatic nitrogens is 1. The first-order valence-electron chi connectivity index (χ1n) is 9.13. The van der Waals surface area contributed by atoms with Gasteiger partial charge in [-0.2, -0.15) is 0 Å². The van der Waals surface area contributed by atoms with Gasteiger partial charge in [0.1, 0.15) is 11.4 Å². The average molecular weight is 445 g/mol. The summed E-state index contributed by atoms with van der Waals surface area (Å²) in [5, 5.41) is 11.0. The van der Waals surface area contributed by atoms with Crippen molar-refractivity contribution < 1.29 is 14.6 Å². The molecule has 0 radical (unpaired) electrons. The summed E-state index contributed by atoms with van der Waals surface area (Å²) in [5.41, 5.74) is 2.10. The molecule has 0 saturated heterocycles. The number of hydrogen-bond donors (Lipinski definition) is 1. The van der Waals surface area contributed by atoms with Crippen molar-refractivity contribution in [2.24, 2.45) is 0 Å². The number of nitrogens with zero attached hydrogens (tertiary/aromatic N) is 2. The summed E-state index contributed by atoms with van der Waals surface area (Å²) in [6, 6.07) is 13.1. The number of phenols is 1. The molecular formula is C22H25BrN2O3. The van der Waals surface area contributed by atoms with Crippen molar-refractivity contribution in [2.75, 3.05) is 7.05 Å². The second-order valence-corrected chi connectivity index (χ2v) is 8.79. The van der Waals surface area contributed by atoms with E-state index in [1.165, 1.54) is 0 Å². The van der Waals surface area contributed by atoms with Crippen LogP contribution in [0.3, 0.4) is 0 Å². The molecule has 5 nitrogen and oxygen atoms in total. The van der Waals surface area contributed by atoms with Crippen LogP contribution in [0.4, 0.5) is 4.79 Å². The lowest BCUT2D eigenvalue weighted by atomic mass is 10.1. The molecule has 0 atom stereocenters. The number of carbonyl (C=O) groups excluding carboxylic acids is 1. The number of para-hydroxylation sites is 1. The Morgan fingerprint density at radius 2 is 1.79 bits per heavy atom. The second-order valence-electron chi connectivity index (χ2n) is 7.94. The Kier molecular flexibility index (Phi) is 5.82. The maximum absolute atomic E-state index is 12.7. The maximum atomic E-state index is 12.7. The van der Waals surface area contributed by atoms with E-state index in [4.69, 9.17) is 4.74 Å². The number of benzene rings is 2. The lowest BCUT2D eigenvalue weighted by Gasteiger charge is -2.19. The van der Waals surface area contributed by atoms with Gasteiger partial charge in [-0.3, -0.25) is 9.47 Å². The minimum atomic E-state index is -0.568. The quantitative estimate of drug-likeness (QED) is 0.574. The minimum Gasteiger partial charge on any atom is -0.508 e. The zero-order valence-corrected chi connectivity index (χ0v) is 18.2. The van der Waals surface area contributed by atoms with Crippen LogP contribution in [0.25, 0.3) is 10.9 Å². The molecule has 1 N–H and O–H groups in total. The molecule has 0 fully saturated rings. The summed E-state index contributed by atoms with van der Waals surface area (Å²) >= 11 is 3.62. The van der Waals surface area contributed by atoms with Crippen LogP contribution < -0.4 is 0 Å². The highest BCUT2D eigenvalue weighted by Gasteiger charge is 2.22. The largest absolute Gasteiger partial charge is 0.508 e. The summed E-state index contributed by atoms with van der Waals surface area (Å²) in [4.78, 5) is 14.8. The Morgan fingerprint density at radius 1 is 1.11 bits per heavy atom. The third-order valence-electron chi connectivity index (χ3n) is 4.32. The van der Waals surface area contributed by atoms with Gasteiger partial charge in [0.05, 0.1) is 5.52 Å². The smallest absolute Gasteiger partial charge is 0.419 e. The van der Waals surface area contributed by atoms with E-state index in [0.29, 0.717) is 13.1 Å². The van der Waals surface area contributed by atoms with Crippen molar-refractivity contribution in [3.05, 3.63) is 64.3 Å². The topological polar surface area (TPSA) is 54.7 Å². The molecule has 1 heterocycles. The Balaban J connectivity index is 1.93. The van der Waals surface area contributed by atoms with Crippen LogP contribution in [0.1, 0.15) is 31.9 Å². The van der Waals surface area contributed by atoms with Gasteiger partial charge in [-0.1, -0.05) is 40.2 Å². The van der Waals surface area contributed by atoms with Crippen LogP contribution in [0, 0.1) is 0 Å². The van der Waals surface area contributed by atoms with Gasteiger partial charge < -0.3 is 9.84 Å². The van der Waals surface area contributed by atoms with E-state index in [-0.39, 0.29) is 5.75 Å². The van der Waals surface area contributed by atoms with Gasteiger partial charge in [-0.15, -0.1) is 0 Å². The van der Waals surface area contributed by atoms with Crippen molar-refractivity contribution in [3.8, 4) is 5.75 Å². The average Bonchev–Trinajstić information content (AvgIpc) is 2.95. The van der Waals surface area contributed by atoms with Gasteiger partial charge in [-0.25, -0.2) is 4.79 Å². The number of rotatable bonds is 4. The number of phenolic OH excluding ortho intramolecular Hbond substituents is 1. The number of ether oxygens (including phenoxy) is 1. The molecule has 0 aliphatic carbocycles. The van der Waals surface area contributed by atoms with Crippen molar-refractivity contribution in [3.63, 3.8) is 0 Å². The molecule has 0 unspecified atom stereocenters. The number of hydrogen-bond acceptors (Lipinski definition) is 4. The SMILES string of the molecule is CN(Cc1ccccc1O)Cc1cn(C(=O)OC(C)(C)C)c2cccc(Br)c12. The van der Waals surface area contributed by atoms with Gasteiger partial charge in [0, 0.05) is 34.7 Å². The number of carbonyl (C=O) groups is 1. The van der Waals surface area contributed by atoms with Crippen LogP contribution in [-0.2, 0) is 17.8 Å². The van der Waals surface area contributed by atoms with Crippen molar-refractivity contribution in [1.29, 1.82) is 0 Å². The van der Waals surface area contributed by atoms with Gasteiger partial charge in [-0.05, 0) is 51.6 Å². The van der Waals surface area contributed by atoms with Gasteiger partial charge in [0.15, 0.2) is 0 Å². The van der Waals surface area contributed by atoms with Crippen molar-refractivity contribution in [2.45, 2.75) is 39.5 Å². The summed E-state index contributed by atoms with van der Waals surface area (Å²) < 4.78 is 8.06. The van der Waals surface area contributed by atoms with Gasteiger partial charge >= 0.3 is 6.09 Å². The monoisotopic (exact) mass is 444 g/mol. The maximum Gasteiger partial charge on any atom is 0.419 e. The van der Waals surface area contributed by atoms with Crippen LogP contribution in [0.15, 0.2) is 53.1 Å². The molecule has 0 saturated carbocycles. The first-order chi connectivity index (χ1) is 13.2. The lowest BCUT2D eigenvalue weighted by molar-refractivity contribution is 0.0544. The molecule has 0 amide bonds. The summed E-state index contributed by atoms with van der Waals surface area (Å²) in [6.45, 7) is 6.77. The summed E-state index contributed by atoms with van der Waals surface area (Å²) in [6.07, 6.45) is 1.44. The third-order valence-corrected chi connectivity index (χ3v) is 4.98. The zero-order valence-electron chi connectivity index (χ0n) is 16.6. The predicted octanol–water partition coefficient (Wildman–Crippen LogP) is 5.52. The number of fused-ring (bicyclic) bond motifs is 1. The van der Waals surface area contributed by atoms with E-state index >= 15 is 0 Å². The van der Waals surface area contributed by atoms with E-state index in [1.807, 2.05) is 70.4 Å². The Morgan fingerprint density at radius 3 is 2.46 bits per heavy atom. The molecule has 148 valence electrons. The fourth-order valence-electron chi connectivity index (χ4n) is 3.19. The zero-order chi connectivity index (χ0) is 20.5. The highest BCUT2D eigenvalue weighted by atomic mass is 79.9. The van der Waals surface area contributed by atoms with Crippen LogP contribution in [-0.4, -0.2) is 33.3 Å². The Bertz CT molecular complexity index is 1000. The summed E-state index contributed by atoms with van der Waals surface area (Å²) in [5.74, 6) is 0.284.